The molecule has 5 heteroatoms. The van der Waals surface area contributed by atoms with E-state index in [4.69, 9.17) is 10.2 Å². The molecule has 0 aromatic rings. The van der Waals surface area contributed by atoms with Gasteiger partial charge in [0.15, 0.2) is 0 Å². The van der Waals surface area contributed by atoms with Crippen LogP contribution in [0.4, 0.5) is 0 Å². The minimum Gasteiger partial charge on any atom is -0.481 e. The molecule has 0 unspecified atom stereocenters. The number of epoxide rings is 1. The molecule has 0 spiro atoms. The Morgan fingerprint density at radius 3 is 1.45 bits per heavy atom. The summed E-state index contributed by atoms with van der Waals surface area (Å²) in [5.74, 6) is -2.15. The highest BCUT2D eigenvalue weighted by molar-refractivity contribution is 5.75. The molecule has 0 radical (unpaired) electrons. The van der Waals surface area contributed by atoms with Gasteiger partial charge in [-0.1, -0.05) is 0 Å². The molecule has 11 heavy (non-hydrogen) atoms. The van der Waals surface area contributed by atoms with Gasteiger partial charge in [-0.3, -0.25) is 9.59 Å². The van der Waals surface area contributed by atoms with Crippen molar-refractivity contribution in [2.24, 2.45) is 0 Å². The van der Waals surface area contributed by atoms with E-state index in [-0.39, 0.29) is 12.8 Å². The first kappa shape index (κ1) is 9.90. The third-order valence-corrected chi connectivity index (χ3v) is 0.757. The van der Waals surface area contributed by atoms with Crippen LogP contribution in [-0.4, -0.2) is 35.4 Å². The maximum absolute atomic E-state index is 9.64. The number of hydrogen-bond donors (Lipinski definition) is 2. The molecule has 5 nitrogen and oxygen atoms in total. The Morgan fingerprint density at radius 2 is 1.36 bits per heavy atom. The van der Waals surface area contributed by atoms with Crippen LogP contribution in [0, 0.1) is 0 Å². The van der Waals surface area contributed by atoms with Crippen molar-refractivity contribution in [2.45, 2.75) is 12.8 Å². The van der Waals surface area contributed by atoms with Gasteiger partial charge in [0.2, 0.25) is 0 Å². The van der Waals surface area contributed by atoms with Gasteiger partial charge in [-0.05, 0) is 0 Å². The lowest BCUT2D eigenvalue weighted by atomic mass is 10.3. The zero-order chi connectivity index (χ0) is 8.69. The first-order chi connectivity index (χ1) is 5.13. The number of aliphatic carboxylic acids is 2. The fourth-order valence-corrected chi connectivity index (χ4v) is 0.214. The average molecular weight is 162 g/mol. The summed E-state index contributed by atoms with van der Waals surface area (Å²) in [4.78, 5) is 19.3. The second kappa shape index (κ2) is 5.67. The largest absolute Gasteiger partial charge is 0.481 e. The van der Waals surface area contributed by atoms with Crippen LogP contribution in [0.5, 0.6) is 0 Å². The summed E-state index contributed by atoms with van der Waals surface area (Å²) in [6.45, 7) is 2.00. The first-order valence-corrected chi connectivity index (χ1v) is 3.14. The van der Waals surface area contributed by atoms with E-state index in [0.717, 1.165) is 13.2 Å². The van der Waals surface area contributed by atoms with Crippen LogP contribution in [0.3, 0.4) is 0 Å². The van der Waals surface area contributed by atoms with Crippen LogP contribution in [0.1, 0.15) is 12.8 Å². The Labute approximate surface area is 63.6 Å². The highest BCUT2D eigenvalue weighted by Gasteiger charge is 2.00. The fraction of sp³-hybridized carbons (Fsp3) is 0.667. The summed E-state index contributed by atoms with van der Waals surface area (Å²) in [5, 5.41) is 15.8. The molecule has 0 atom stereocenters. The molecule has 1 fully saturated rings. The van der Waals surface area contributed by atoms with E-state index in [9.17, 15) is 9.59 Å². The average Bonchev–Trinajstić information content (AvgIpc) is 2.67. The molecule has 0 amide bonds. The number of carbonyl (C=O) groups is 2. The van der Waals surface area contributed by atoms with Crippen LogP contribution in [0.25, 0.3) is 0 Å². The molecule has 0 aliphatic carbocycles. The Hall–Kier alpha value is -1.10. The quantitative estimate of drug-likeness (QED) is 0.568. The summed E-state index contributed by atoms with van der Waals surface area (Å²) < 4.78 is 4.50. The highest BCUT2D eigenvalue weighted by Crippen LogP contribution is 1.86. The van der Waals surface area contributed by atoms with Crippen molar-refractivity contribution in [3.8, 4) is 0 Å². The Bertz CT molecular complexity index is 123. The maximum atomic E-state index is 9.64. The Morgan fingerprint density at radius 1 is 1.09 bits per heavy atom. The van der Waals surface area contributed by atoms with Crippen LogP contribution in [0.2, 0.25) is 0 Å². The molecule has 1 saturated heterocycles. The van der Waals surface area contributed by atoms with Gasteiger partial charge >= 0.3 is 11.9 Å². The molecule has 0 aromatic carbocycles. The number of hydrogen-bond acceptors (Lipinski definition) is 3. The predicted octanol–water partition coefficient (Wildman–Crippen LogP) is -0.0476. The molecule has 2 N–H and O–H groups in total. The second-order valence-electron chi connectivity index (χ2n) is 1.90. The standard InChI is InChI=1S/C4H6O4.C2H4O/c5-3(6)1-2-4(7)8;1-2-3-1/h1-2H2,(H,5,6)(H,7,8);1-2H2. The van der Waals surface area contributed by atoms with Gasteiger partial charge in [-0.15, -0.1) is 0 Å². The predicted molar refractivity (Wildman–Crippen MR) is 35.3 cm³/mol. The van der Waals surface area contributed by atoms with Gasteiger partial charge in [-0.2, -0.15) is 0 Å². The zero-order valence-electron chi connectivity index (χ0n) is 5.95. The molecule has 1 aliphatic rings. The molecule has 64 valence electrons. The lowest BCUT2D eigenvalue weighted by Gasteiger charge is -1.85. The highest BCUT2D eigenvalue weighted by atomic mass is 16.6. The lowest BCUT2D eigenvalue weighted by molar-refractivity contribution is -0.143. The van der Waals surface area contributed by atoms with Crippen LogP contribution in [-0.2, 0) is 14.3 Å². The summed E-state index contributed by atoms with van der Waals surface area (Å²) in [6, 6.07) is 0. The van der Waals surface area contributed by atoms with E-state index < -0.39 is 11.9 Å². The van der Waals surface area contributed by atoms with Crippen molar-refractivity contribution in [1.29, 1.82) is 0 Å². The van der Waals surface area contributed by atoms with Crippen LogP contribution < -0.4 is 0 Å². The van der Waals surface area contributed by atoms with Gasteiger partial charge < -0.3 is 14.9 Å². The molecule has 0 saturated carbocycles. The van der Waals surface area contributed by atoms with Gasteiger partial charge in [0.1, 0.15) is 0 Å². The number of carboxylic acid groups (broad SMARTS) is 2. The lowest BCUT2D eigenvalue weighted by Crippen LogP contribution is -2.00. The summed E-state index contributed by atoms with van der Waals surface area (Å²) in [6.07, 6.45) is -0.593. The number of ether oxygens (including phenoxy) is 1. The Balaban J connectivity index is 0.000000271. The van der Waals surface area contributed by atoms with E-state index in [1.807, 2.05) is 0 Å². The van der Waals surface area contributed by atoms with E-state index in [0.29, 0.717) is 0 Å². The molecule has 0 bridgehead atoms. The van der Waals surface area contributed by atoms with E-state index >= 15 is 0 Å². The van der Waals surface area contributed by atoms with Crippen molar-refractivity contribution in [3.63, 3.8) is 0 Å². The number of carboxylic acids is 2. The van der Waals surface area contributed by atoms with E-state index in [2.05, 4.69) is 4.74 Å². The van der Waals surface area contributed by atoms with Crippen molar-refractivity contribution >= 4 is 11.9 Å². The molecule has 1 rings (SSSR count). The minimum absolute atomic E-state index is 0.296. The second-order valence-corrected chi connectivity index (χ2v) is 1.90. The number of rotatable bonds is 3. The van der Waals surface area contributed by atoms with Crippen molar-refractivity contribution in [2.75, 3.05) is 13.2 Å². The van der Waals surface area contributed by atoms with Crippen molar-refractivity contribution < 1.29 is 24.5 Å². The minimum atomic E-state index is -1.08. The van der Waals surface area contributed by atoms with Gasteiger partial charge in [0, 0.05) is 0 Å². The normalized spacial score (nSPS) is 12.7. The van der Waals surface area contributed by atoms with Crippen molar-refractivity contribution in [1.82, 2.24) is 0 Å². The monoisotopic (exact) mass is 162 g/mol. The molecule has 1 aliphatic heterocycles. The van der Waals surface area contributed by atoms with Crippen molar-refractivity contribution in [3.05, 3.63) is 0 Å². The fourth-order valence-electron chi connectivity index (χ4n) is 0.214. The Kier molecular flexibility index (Phi) is 5.10. The van der Waals surface area contributed by atoms with Crippen LogP contribution >= 0.6 is 0 Å². The van der Waals surface area contributed by atoms with E-state index in [1.165, 1.54) is 0 Å². The smallest absolute Gasteiger partial charge is 0.303 e. The molecular formula is C6H10O5. The summed E-state index contributed by atoms with van der Waals surface area (Å²) >= 11 is 0. The van der Waals surface area contributed by atoms with E-state index in [1.54, 1.807) is 0 Å². The third-order valence-electron chi connectivity index (χ3n) is 0.757. The zero-order valence-corrected chi connectivity index (χ0v) is 5.95. The van der Waals surface area contributed by atoms with Gasteiger partial charge in [0.25, 0.3) is 0 Å². The topological polar surface area (TPSA) is 87.1 Å². The molecule has 1 heterocycles. The van der Waals surface area contributed by atoms with Crippen LogP contribution in [0.15, 0.2) is 0 Å². The summed E-state index contributed by atoms with van der Waals surface area (Å²) in [5.41, 5.74) is 0. The SMILES string of the molecule is C1CO1.O=C(O)CCC(=O)O. The van der Waals surface area contributed by atoms with Gasteiger partial charge in [0.05, 0.1) is 26.1 Å². The maximum Gasteiger partial charge on any atom is 0.303 e. The third kappa shape index (κ3) is 17.6. The first-order valence-electron chi connectivity index (χ1n) is 3.14. The molecule has 0 aromatic heterocycles. The summed E-state index contributed by atoms with van der Waals surface area (Å²) in [7, 11) is 0. The van der Waals surface area contributed by atoms with Gasteiger partial charge in [-0.25, -0.2) is 0 Å². The molecular weight excluding hydrogens is 152 g/mol.